The highest BCUT2D eigenvalue weighted by Crippen LogP contribution is 2.37. The minimum absolute atomic E-state index is 0.103. The van der Waals surface area contributed by atoms with Crippen molar-refractivity contribution >= 4 is 11.1 Å². The van der Waals surface area contributed by atoms with Crippen molar-refractivity contribution in [2.24, 2.45) is 0 Å². The van der Waals surface area contributed by atoms with Crippen LogP contribution in [0.15, 0.2) is 22.6 Å². The molecule has 0 N–H and O–H groups in total. The van der Waals surface area contributed by atoms with Crippen LogP contribution >= 0.6 is 0 Å². The summed E-state index contributed by atoms with van der Waals surface area (Å²) in [5, 5.41) is 0. The van der Waals surface area contributed by atoms with Gasteiger partial charge in [-0.1, -0.05) is 45.7 Å². The smallest absolute Gasteiger partial charge is 0.198 e. The molecule has 2 aromatic rings. The first kappa shape index (κ1) is 11.8. The first-order valence-electron chi connectivity index (χ1n) is 6.95. The molecule has 1 fully saturated rings. The van der Waals surface area contributed by atoms with Gasteiger partial charge in [0.05, 0.1) is 0 Å². The summed E-state index contributed by atoms with van der Waals surface area (Å²) >= 11 is 0. The summed E-state index contributed by atoms with van der Waals surface area (Å²) < 4.78 is 6.10. The summed E-state index contributed by atoms with van der Waals surface area (Å²) in [5.74, 6) is 1.50. The SMILES string of the molecule is CC(C)(C)c1cccc2nc(C3CCCC3)oc12. The molecule has 3 rings (SSSR count). The third-order valence-corrected chi connectivity index (χ3v) is 3.94. The topological polar surface area (TPSA) is 26.0 Å². The number of hydrogen-bond donors (Lipinski definition) is 0. The Bertz CT molecular complexity index is 556. The van der Waals surface area contributed by atoms with Crippen molar-refractivity contribution in [2.75, 3.05) is 0 Å². The van der Waals surface area contributed by atoms with Gasteiger partial charge in [0.2, 0.25) is 0 Å². The van der Waals surface area contributed by atoms with Crippen LogP contribution in [0.3, 0.4) is 0 Å². The molecule has 1 heterocycles. The van der Waals surface area contributed by atoms with Crippen LogP contribution in [0, 0.1) is 0 Å². The van der Waals surface area contributed by atoms with Gasteiger partial charge in [0.1, 0.15) is 5.52 Å². The Balaban J connectivity index is 2.11. The van der Waals surface area contributed by atoms with Crippen LogP contribution < -0.4 is 0 Å². The van der Waals surface area contributed by atoms with E-state index in [1.165, 1.54) is 31.2 Å². The second kappa shape index (κ2) is 4.11. The van der Waals surface area contributed by atoms with E-state index in [0.717, 1.165) is 17.0 Å². The van der Waals surface area contributed by atoms with Crippen molar-refractivity contribution < 1.29 is 4.42 Å². The first-order valence-corrected chi connectivity index (χ1v) is 6.95. The highest BCUT2D eigenvalue weighted by atomic mass is 16.3. The molecule has 0 bridgehead atoms. The number of oxazole rings is 1. The molecular weight excluding hydrogens is 222 g/mol. The third kappa shape index (κ3) is 1.94. The van der Waals surface area contributed by atoms with Gasteiger partial charge in [0, 0.05) is 11.5 Å². The maximum Gasteiger partial charge on any atom is 0.198 e. The molecule has 1 aromatic carbocycles. The van der Waals surface area contributed by atoms with E-state index in [0.29, 0.717) is 5.92 Å². The lowest BCUT2D eigenvalue weighted by atomic mass is 9.86. The van der Waals surface area contributed by atoms with E-state index in [2.05, 4.69) is 39.0 Å². The van der Waals surface area contributed by atoms with Crippen molar-refractivity contribution in [3.63, 3.8) is 0 Å². The number of aromatic nitrogens is 1. The summed E-state index contributed by atoms with van der Waals surface area (Å²) in [6.07, 6.45) is 5.10. The van der Waals surface area contributed by atoms with Crippen molar-refractivity contribution in [3.05, 3.63) is 29.7 Å². The summed E-state index contributed by atoms with van der Waals surface area (Å²) in [6, 6.07) is 6.31. The van der Waals surface area contributed by atoms with Gasteiger partial charge in [-0.25, -0.2) is 4.98 Å². The Morgan fingerprint density at radius 1 is 1.17 bits per heavy atom. The molecule has 1 saturated carbocycles. The van der Waals surface area contributed by atoms with Gasteiger partial charge in [-0.2, -0.15) is 0 Å². The Morgan fingerprint density at radius 2 is 1.89 bits per heavy atom. The Morgan fingerprint density at radius 3 is 2.56 bits per heavy atom. The van der Waals surface area contributed by atoms with E-state index in [-0.39, 0.29) is 5.41 Å². The zero-order chi connectivity index (χ0) is 12.8. The van der Waals surface area contributed by atoms with Gasteiger partial charge in [0.25, 0.3) is 0 Å². The van der Waals surface area contributed by atoms with Crippen molar-refractivity contribution in [2.45, 2.75) is 57.8 Å². The average Bonchev–Trinajstić information content (AvgIpc) is 2.95. The van der Waals surface area contributed by atoms with E-state index < -0.39 is 0 Å². The van der Waals surface area contributed by atoms with E-state index in [9.17, 15) is 0 Å². The third-order valence-electron chi connectivity index (χ3n) is 3.94. The highest BCUT2D eigenvalue weighted by molar-refractivity contribution is 5.77. The Hall–Kier alpha value is -1.31. The molecule has 0 aliphatic heterocycles. The minimum atomic E-state index is 0.103. The minimum Gasteiger partial charge on any atom is -0.440 e. The van der Waals surface area contributed by atoms with E-state index in [1.807, 2.05) is 0 Å². The molecule has 0 saturated heterocycles. The zero-order valence-corrected chi connectivity index (χ0v) is 11.5. The van der Waals surface area contributed by atoms with Gasteiger partial charge in [-0.15, -0.1) is 0 Å². The van der Waals surface area contributed by atoms with E-state index >= 15 is 0 Å². The molecule has 0 spiro atoms. The monoisotopic (exact) mass is 243 g/mol. The van der Waals surface area contributed by atoms with Gasteiger partial charge in [-0.3, -0.25) is 0 Å². The average molecular weight is 243 g/mol. The predicted molar refractivity (Wildman–Crippen MR) is 73.9 cm³/mol. The van der Waals surface area contributed by atoms with E-state index in [4.69, 9.17) is 9.40 Å². The molecule has 0 radical (unpaired) electrons. The lowest BCUT2D eigenvalue weighted by Gasteiger charge is -2.18. The van der Waals surface area contributed by atoms with Crippen LogP contribution in [0.5, 0.6) is 0 Å². The number of nitrogens with zero attached hydrogens (tertiary/aromatic N) is 1. The molecule has 18 heavy (non-hydrogen) atoms. The van der Waals surface area contributed by atoms with Gasteiger partial charge in [-0.05, 0) is 24.3 Å². The van der Waals surface area contributed by atoms with Crippen molar-refractivity contribution in [3.8, 4) is 0 Å². The number of fused-ring (bicyclic) bond motifs is 1. The second-order valence-electron chi connectivity index (χ2n) is 6.44. The van der Waals surface area contributed by atoms with Crippen molar-refractivity contribution in [1.29, 1.82) is 0 Å². The van der Waals surface area contributed by atoms with E-state index in [1.54, 1.807) is 0 Å². The lowest BCUT2D eigenvalue weighted by molar-refractivity contribution is 0.466. The van der Waals surface area contributed by atoms with Crippen LogP contribution in [0.1, 0.15) is 63.8 Å². The molecule has 0 atom stereocenters. The molecule has 2 heteroatoms. The highest BCUT2D eigenvalue weighted by Gasteiger charge is 2.25. The summed E-state index contributed by atoms with van der Waals surface area (Å²) in [5.41, 5.74) is 3.37. The number of hydrogen-bond acceptors (Lipinski definition) is 2. The largest absolute Gasteiger partial charge is 0.440 e. The Labute approximate surface area is 108 Å². The maximum absolute atomic E-state index is 6.10. The molecule has 1 aliphatic rings. The quantitative estimate of drug-likeness (QED) is 0.720. The Kier molecular flexibility index (Phi) is 2.69. The van der Waals surface area contributed by atoms with Crippen LogP contribution in [0.4, 0.5) is 0 Å². The molecule has 0 unspecified atom stereocenters. The first-order chi connectivity index (χ1) is 8.55. The molecule has 1 aromatic heterocycles. The van der Waals surface area contributed by atoms with Gasteiger partial charge in [0.15, 0.2) is 11.5 Å². The molecule has 0 amide bonds. The van der Waals surface area contributed by atoms with Gasteiger partial charge < -0.3 is 4.42 Å². The molecule has 1 aliphatic carbocycles. The predicted octanol–water partition coefficient (Wildman–Crippen LogP) is 4.78. The number of rotatable bonds is 1. The second-order valence-corrected chi connectivity index (χ2v) is 6.44. The molecule has 96 valence electrons. The number of para-hydroxylation sites is 1. The normalized spacial score (nSPS) is 17.7. The fourth-order valence-electron chi connectivity index (χ4n) is 2.90. The van der Waals surface area contributed by atoms with Crippen LogP contribution in [0.25, 0.3) is 11.1 Å². The van der Waals surface area contributed by atoms with Crippen LogP contribution in [-0.2, 0) is 5.41 Å². The standard InChI is InChI=1S/C16H21NO/c1-16(2,3)12-9-6-10-13-14(12)18-15(17-13)11-7-4-5-8-11/h6,9-11H,4-5,7-8H2,1-3H3. The molecular formula is C16H21NO. The summed E-state index contributed by atoms with van der Waals surface area (Å²) in [6.45, 7) is 6.67. The fraction of sp³-hybridized carbons (Fsp3) is 0.562. The summed E-state index contributed by atoms with van der Waals surface area (Å²) in [7, 11) is 0. The fourth-order valence-corrected chi connectivity index (χ4v) is 2.90. The van der Waals surface area contributed by atoms with Crippen LogP contribution in [0.2, 0.25) is 0 Å². The van der Waals surface area contributed by atoms with Crippen molar-refractivity contribution in [1.82, 2.24) is 4.98 Å². The zero-order valence-electron chi connectivity index (χ0n) is 11.5. The van der Waals surface area contributed by atoms with Gasteiger partial charge >= 0.3 is 0 Å². The maximum atomic E-state index is 6.10. The van der Waals surface area contributed by atoms with Crippen LogP contribution in [-0.4, -0.2) is 4.98 Å². The number of benzene rings is 1. The summed E-state index contributed by atoms with van der Waals surface area (Å²) in [4.78, 5) is 4.70. The lowest BCUT2D eigenvalue weighted by Crippen LogP contribution is -2.11. The molecule has 2 nitrogen and oxygen atoms in total.